The van der Waals surface area contributed by atoms with Crippen LogP contribution in [0.2, 0.25) is 0 Å². The maximum atomic E-state index is 12.4. The molecular formula is C26H21BrIN3O5. The van der Waals surface area contributed by atoms with E-state index in [-0.39, 0.29) is 18.3 Å². The van der Waals surface area contributed by atoms with E-state index in [0.29, 0.717) is 34.9 Å². The second-order valence-corrected chi connectivity index (χ2v) is 9.54. The lowest BCUT2D eigenvalue weighted by atomic mass is 10.2. The van der Waals surface area contributed by atoms with Crippen molar-refractivity contribution in [1.82, 2.24) is 5.43 Å². The number of carbonyl (C=O) groups excluding carboxylic acids is 2. The predicted molar refractivity (Wildman–Crippen MR) is 150 cm³/mol. The first-order valence-electron chi connectivity index (χ1n) is 10.9. The molecule has 0 unspecified atom stereocenters. The number of fused-ring (bicyclic) bond motifs is 1. The highest BCUT2D eigenvalue weighted by Crippen LogP contribution is 2.34. The third kappa shape index (κ3) is 6.64. The molecule has 0 fully saturated rings. The Morgan fingerprint density at radius 1 is 1.08 bits per heavy atom. The van der Waals surface area contributed by atoms with Crippen molar-refractivity contribution in [3.8, 4) is 11.5 Å². The standard InChI is InChI=1S/C26H21BrIN3O5/c1-2-34-22-11-16(10-20(28)25(22)35-15-24(32)30-19-6-4-3-5-7-19)14-29-31-26(33)23-13-17-12-18(27)8-9-21(17)36-23/h3-14H,2,15H2,1H3,(H,30,32)(H,31,33)/b29-14+. The summed E-state index contributed by atoms with van der Waals surface area (Å²) in [7, 11) is 0. The normalized spacial score (nSPS) is 11.0. The van der Waals surface area contributed by atoms with Gasteiger partial charge in [-0.1, -0.05) is 34.1 Å². The molecule has 0 saturated carbocycles. The van der Waals surface area contributed by atoms with Crippen LogP contribution in [0.3, 0.4) is 0 Å². The van der Waals surface area contributed by atoms with E-state index in [1.165, 1.54) is 6.21 Å². The molecule has 2 N–H and O–H groups in total. The summed E-state index contributed by atoms with van der Waals surface area (Å²) in [5.74, 6) is 0.318. The highest BCUT2D eigenvalue weighted by atomic mass is 127. The molecule has 0 aliphatic carbocycles. The van der Waals surface area contributed by atoms with Crippen molar-refractivity contribution >= 4 is 73.2 Å². The summed E-state index contributed by atoms with van der Waals surface area (Å²) >= 11 is 5.50. The van der Waals surface area contributed by atoms with Crippen molar-refractivity contribution in [2.24, 2.45) is 5.10 Å². The number of nitrogens with zero attached hydrogens (tertiary/aromatic N) is 1. The summed E-state index contributed by atoms with van der Waals surface area (Å²) < 4.78 is 18.7. The lowest BCUT2D eigenvalue weighted by Crippen LogP contribution is -2.20. The third-order valence-corrected chi connectivity index (χ3v) is 6.11. The number of hydrogen-bond acceptors (Lipinski definition) is 6. The molecule has 1 heterocycles. The van der Waals surface area contributed by atoms with Crippen LogP contribution in [0.25, 0.3) is 11.0 Å². The zero-order valence-electron chi connectivity index (χ0n) is 19.1. The molecule has 10 heteroatoms. The maximum Gasteiger partial charge on any atom is 0.307 e. The van der Waals surface area contributed by atoms with Crippen molar-refractivity contribution in [1.29, 1.82) is 0 Å². The summed E-state index contributed by atoms with van der Waals surface area (Å²) in [6, 6.07) is 19.8. The first kappa shape index (κ1) is 25.7. The monoisotopic (exact) mass is 661 g/mol. The second-order valence-electron chi connectivity index (χ2n) is 7.46. The number of halogens is 2. The number of para-hydroxylation sites is 1. The Bertz CT molecular complexity index is 1420. The van der Waals surface area contributed by atoms with Crippen molar-refractivity contribution < 1.29 is 23.5 Å². The molecule has 0 radical (unpaired) electrons. The highest BCUT2D eigenvalue weighted by Gasteiger charge is 2.15. The van der Waals surface area contributed by atoms with Gasteiger partial charge in [0.2, 0.25) is 0 Å². The summed E-state index contributed by atoms with van der Waals surface area (Å²) in [6.45, 7) is 2.08. The number of hydrogen-bond donors (Lipinski definition) is 2. The fraction of sp³-hybridized carbons (Fsp3) is 0.115. The Kier molecular flexibility index (Phi) is 8.60. The average molecular weight is 662 g/mol. The summed E-state index contributed by atoms with van der Waals surface area (Å²) in [5, 5.41) is 7.63. The van der Waals surface area contributed by atoms with Crippen LogP contribution in [-0.4, -0.2) is 31.2 Å². The van der Waals surface area contributed by atoms with Gasteiger partial charge in [0, 0.05) is 15.5 Å². The average Bonchev–Trinajstić information content (AvgIpc) is 3.28. The minimum absolute atomic E-state index is 0.155. The van der Waals surface area contributed by atoms with Crippen LogP contribution in [0.4, 0.5) is 5.69 Å². The van der Waals surface area contributed by atoms with Gasteiger partial charge < -0.3 is 19.2 Å². The molecular weight excluding hydrogens is 641 g/mol. The number of furan rings is 1. The molecule has 4 aromatic rings. The first-order valence-corrected chi connectivity index (χ1v) is 12.8. The van der Waals surface area contributed by atoms with Crippen LogP contribution >= 0.6 is 38.5 Å². The van der Waals surface area contributed by atoms with Gasteiger partial charge in [-0.3, -0.25) is 9.59 Å². The van der Waals surface area contributed by atoms with Crippen LogP contribution in [-0.2, 0) is 4.79 Å². The lowest BCUT2D eigenvalue weighted by molar-refractivity contribution is -0.118. The largest absolute Gasteiger partial charge is 0.490 e. The van der Waals surface area contributed by atoms with Crippen molar-refractivity contribution in [3.63, 3.8) is 0 Å². The lowest BCUT2D eigenvalue weighted by Gasteiger charge is -2.14. The Labute approximate surface area is 229 Å². The van der Waals surface area contributed by atoms with E-state index in [9.17, 15) is 9.59 Å². The molecule has 0 aliphatic heterocycles. The van der Waals surface area contributed by atoms with Crippen LogP contribution in [0.5, 0.6) is 11.5 Å². The van der Waals surface area contributed by atoms with E-state index in [2.05, 4.69) is 54.4 Å². The van der Waals surface area contributed by atoms with E-state index in [1.807, 2.05) is 43.3 Å². The number of rotatable bonds is 9. The zero-order chi connectivity index (χ0) is 25.5. The predicted octanol–water partition coefficient (Wildman–Crippen LogP) is 5.98. The van der Waals surface area contributed by atoms with E-state index >= 15 is 0 Å². The Hall–Kier alpha value is -3.38. The SMILES string of the molecule is CCOc1cc(/C=N/NC(=O)c2cc3cc(Br)ccc3o2)cc(I)c1OCC(=O)Nc1ccccc1. The summed E-state index contributed by atoms with van der Waals surface area (Å²) in [6.07, 6.45) is 1.49. The third-order valence-electron chi connectivity index (χ3n) is 4.82. The Morgan fingerprint density at radius 3 is 2.67 bits per heavy atom. The van der Waals surface area contributed by atoms with Gasteiger partial charge in [0.25, 0.3) is 5.91 Å². The summed E-state index contributed by atoms with van der Waals surface area (Å²) in [4.78, 5) is 24.7. The molecule has 36 heavy (non-hydrogen) atoms. The van der Waals surface area contributed by atoms with Crippen LogP contribution in [0.1, 0.15) is 23.0 Å². The van der Waals surface area contributed by atoms with Gasteiger partial charge in [-0.15, -0.1) is 0 Å². The molecule has 0 atom stereocenters. The van der Waals surface area contributed by atoms with Gasteiger partial charge in [-0.25, -0.2) is 5.43 Å². The van der Waals surface area contributed by atoms with E-state index in [4.69, 9.17) is 13.9 Å². The number of benzene rings is 3. The van der Waals surface area contributed by atoms with Crippen LogP contribution in [0.15, 0.2) is 80.7 Å². The maximum absolute atomic E-state index is 12.4. The molecule has 3 aromatic carbocycles. The van der Waals surface area contributed by atoms with E-state index < -0.39 is 5.91 Å². The number of amides is 2. The molecule has 0 bridgehead atoms. The van der Waals surface area contributed by atoms with Gasteiger partial charge in [0.05, 0.1) is 16.4 Å². The van der Waals surface area contributed by atoms with E-state index in [0.717, 1.165) is 13.4 Å². The summed E-state index contributed by atoms with van der Waals surface area (Å²) in [5.41, 5.74) is 4.45. The second kappa shape index (κ2) is 12.0. The molecule has 184 valence electrons. The number of nitrogens with one attached hydrogen (secondary N) is 2. The Balaban J connectivity index is 1.41. The fourth-order valence-electron chi connectivity index (χ4n) is 3.27. The quantitative estimate of drug-likeness (QED) is 0.131. The molecule has 0 aliphatic rings. The Morgan fingerprint density at radius 2 is 1.89 bits per heavy atom. The van der Waals surface area contributed by atoms with Gasteiger partial charge >= 0.3 is 5.91 Å². The molecule has 0 saturated heterocycles. The van der Waals surface area contributed by atoms with Crippen molar-refractivity contribution in [2.75, 3.05) is 18.5 Å². The highest BCUT2D eigenvalue weighted by molar-refractivity contribution is 14.1. The van der Waals surface area contributed by atoms with Crippen LogP contribution < -0.4 is 20.2 Å². The van der Waals surface area contributed by atoms with Gasteiger partial charge in [0.1, 0.15) is 5.58 Å². The zero-order valence-corrected chi connectivity index (χ0v) is 22.8. The van der Waals surface area contributed by atoms with Gasteiger partial charge in [-0.05, 0) is 83.6 Å². The number of hydrazone groups is 1. The molecule has 4 rings (SSSR count). The smallest absolute Gasteiger partial charge is 0.307 e. The van der Waals surface area contributed by atoms with Crippen molar-refractivity contribution in [3.05, 3.63) is 86.1 Å². The fourth-order valence-corrected chi connectivity index (χ4v) is 4.43. The van der Waals surface area contributed by atoms with Crippen LogP contribution in [0, 0.1) is 3.57 Å². The number of ether oxygens (including phenoxy) is 2. The van der Waals surface area contributed by atoms with Gasteiger partial charge in [-0.2, -0.15) is 5.10 Å². The minimum atomic E-state index is -0.470. The topological polar surface area (TPSA) is 102 Å². The molecule has 8 nitrogen and oxygen atoms in total. The van der Waals surface area contributed by atoms with Crippen molar-refractivity contribution in [2.45, 2.75) is 6.92 Å². The van der Waals surface area contributed by atoms with Gasteiger partial charge in [0.15, 0.2) is 23.9 Å². The van der Waals surface area contributed by atoms with E-state index in [1.54, 1.807) is 30.3 Å². The molecule has 2 amide bonds. The number of anilines is 1. The number of carbonyl (C=O) groups is 2. The first-order chi connectivity index (χ1) is 17.4. The molecule has 0 spiro atoms. The minimum Gasteiger partial charge on any atom is -0.490 e. The molecule has 1 aromatic heterocycles.